The Morgan fingerprint density at radius 3 is 2.64 bits per heavy atom. The lowest BCUT2D eigenvalue weighted by Crippen LogP contribution is -2.13. The minimum atomic E-state index is -0.0592. The zero-order chi connectivity index (χ0) is 15.5. The number of phenolic OH excluding ortho intramolecular Hbond substituents is 1. The Morgan fingerprint density at radius 1 is 1.09 bits per heavy atom. The van der Waals surface area contributed by atoms with Gasteiger partial charge in [-0.15, -0.1) is 0 Å². The minimum Gasteiger partial charge on any atom is -0.507 e. The monoisotopic (exact) mass is 293 g/mol. The van der Waals surface area contributed by atoms with Gasteiger partial charge in [0.05, 0.1) is 6.42 Å². The number of anilines is 1. The van der Waals surface area contributed by atoms with Crippen molar-refractivity contribution in [2.24, 2.45) is 0 Å². The predicted molar refractivity (Wildman–Crippen MR) is 88.8 cm³/mol. The van der Waals surface area contributed by atoms with Crippen molar-refractivity contribution in [1.82, 2.24) is 0 Å². The van der Waals surface area contributed by atoms with Crippen LogP contribution in [0.2, 0.25) is 0 Å². The summed E-state index contributed by atoms with van der Waals surface area (Å²) in [7, 11) is 0. The molecule has 2 aromatic carbocycles. The maximum Gasteiger partial charge on any atom is 0.228 e. The summed E-state index contributed by atoms with van der Waals surface area (Å²) in [6.45, 7) is 2.15. The van der Waals surface area contributed by atoms with Gasteiger partial charge < -0.3 is 10.4 Å². The Bertz CT molecular complexity index is 734. The van der Waals surface area contributed by atoms with Crippen LogP contribution in [0, 0.1) is 0 Å². The molecule has 3 rings (SSSR count). The van der Waals surface area contributed by atoms with E-state index in [1.54, 1.807) is 12.1 Å². The van der Waals surface area contributed by atoms with Crippen LogP contribution in [0.5, 0.6) is 5.75 Å². The zero-order valence-corrected chi connectivity index (χ0v) is 12.5. The average Bonchev–Trinajstić information content (AvgIpc) is 2.57. The molecule has 1 aliphatic heterocycles. The fraction of sp³-hybridized carbons (Fsp3) is 0.211. The van der Waals surface area contributed by atoms with Crippen molar-refractivity contribution in [3.05, 3.63) is 65.7 Å². The highest BCUT2D eigenvalue weighted by molar-refractivity contribution is 5.99. The molecule has 3 heteroatoms. The Hall–Kier alpha value is -2.55. The largest absolute Gasteiger partial charge is 0.507 e. The highest BCUT2D eigenvalue weighted by Crippen LogP contribution is 2.33. The van der Waals surface area contributed by atoms with Gasteiger partial charge in [-0.3, -0.25) is 4.79 Å². The van der Waals surface area contributed by atoms with Crippen LogP contribution in [0.15, 0.2) is 54.6 Å². The van der Waals surface area contributed by atoms with Crippen LogP contribution in [0.4, 0.5) is 5.69 Å². The van der Waals surface area contributed by atoms with Gasteiger partial charge in [0.15, 0.2) is 0 Å². The number of hydrogen-bond donors (Lipinski definition) is 2. The second-order valence-electron chi connectivity index (χ2n) is 5.70. The molecule has 1 aliphatic rings. The van der Waals surface area contributed by atoms with Gasteiger partial charge in [-0.05, 0) is 35.6 Å². The first kappa shape index (κ1) is 14.4. The summed E-state index contributed by atoms with van der Waals surface area (Å²) < 4.78 is 0. The molecule has 1 amide bonds. The smallest absolute Gasteiger partial charge is 0.228 e. The summed E-state index contributed by atoms with van der Waals surface area (Å²) in [6, 6.07) is 15.1. The van der Waals surface area contributed by atoms with E-state index in [-0.39, 0.29) is 18.1 Å². The van der Waals surface area contributed by atoms with E-state index >= 15 is 0 Å². The quantitative estimate of drug-likeness (QED) is 0.823. The Labute approximate surface area is 130 Å². The van der Waals surface area contributed by atoms with E-state index in [9.17, 15) is 9.90 Å². The van der Waals surface area contributed by atoms with Crippen LogP contribution < -0.4 is 5.32 Å². The third-order valence-electron chi connectivity index (χ3n) is 4.08. The number of aromatic hydroxyl groups is 1. The fourth-order valence-electron chi connectivity index (χ4n) is 2.88. The molecular formula is C19H19NO2. The number of para-hydroxylation sites is 2. The summed E-state index contributed by atoms with van der Waals surface area (Å²) in [5.74, 6) is 0.456. The number of carbonyl (C=O) groups excluding carboxylic acids is 1. The standard InChI is InChI=1S/C19H19NO2/c1-13-10-11-14(16-7-3-5-9-18(16)21)12-19(22)20-17-8-4-2-6-15(13)17/h2-9,11,13,21H,10,12H2,1H3,(H,20,22)/b14-11-. The van der Waals surface area contributed by atoms with Gasteiger partial charge in [-0.2, -0.15) is 0 Å². The number of phenols is 1. The molecule has 2 aromatic rings. The van der Waals surface area contributed by atoms with Crippen molar-refractivity contribution in [3.8, 4) is 5.75 Å². The molecule has 0 saturated heterocycles. The average molecular weight is 293 g/mol. The number of allylic oxidation sites excluding steroid dienone is 1. The highest BCUT2D eigenvalue weighted by Gasteiger charge is 2.18. The lowest BCUT2D eigenvalue weighted by Gasteiger charge is -2.14. The van der Waals surface area contributed by atoms with E-state index in [4.69, 9.17) is 0 Å². The lowest BCUT2D eigenvalue weighted by atomic mass is 9.94. The van der Waals surface area contributed by atoms with Crippen molar-refractivity contribution < 1.29 is 9.90 Å². The first-order valence-corrected chi connectivity index (χ1v) is 7.51. The SMILES string of the molecule is CC1C/C=C(\c2ccccc2O)CC(=O)Nc2ccccc21. The molecule has 0 aliphatic carbocycles. The van der Waals surface area contributed by atoms with Gasteiger partial charge in [-0.25, -0.2) is 0 Å². The van der Waals surface area contributed by atoms with Crippen molar-refractivity contribution in [2.75, 3.05) is 5.32 Å². The minimum absolute atomic E-state index is 0.0592. The summed E-state index contributed by atoms with van der Waals surface area (Å²) in [6.07, 6.45) is 3.16. The molecule has 0 radical (unpaired) electrons. The summed E-state index contributed by atoms with van der Waals surface area (Å²) in [4.78, 5) is 12.3. The van der Waals surface area contributed by atoms with Crippen LogP contribution in [-0.4, -0.2) is 11.0 Å². The normalized spacial score (nSPS) is 20.7. The first-order valence-electron chi connectivity index (χ1n) is 7.51. The van der Waals surface area contributed by atoms with E-state index in [1.165, 1.54) is 0 Å². The van der Waals surface area contributed by atoms with Crippen molar-refractivity contribution in [2.45, 2.75) is 25.7 Å². The van der Waals surface area contributed by atoms with Crippen molar-refractivity contribution >= 4 is 17.2 Å². The first-order chi connectivity index (χ1) is 10.6. The molecule has 1 heterocycles. The van der Waals surface area contributed by atoms with Crippen molar-refractivity contribution in [3.63, 3.8) is 0 Å². The number of rotatable bonds is 1. The summed E-state index contributed by atoms with van der Waals surface area (Å²) in [5.41, 5.74) is 3.63. The molecule has 22 heavy (non-hydrogen) atoms. The molecule has 1 unspecified atom stereocenters. The predicted octanol–water partition coefficient (Wildman–Crippen LogP) is 4.31. The van der Waals surface area contributed by atoms with Gasteiger partial charge in [-0.1, -0.05) is 49.4 Å². The number of nitrogens with one attached hydrogen (secondary N) is 1. The van der Waals surface area contributed by atoms with Crippen LogP contribution >= 0.6 is 0 Å². The number of amides is 1. The van der Waals surface area contributed by atoms with Gasteiger partial charge >= 0.3 is 0 Å². The molecular weight excluding hydrogens is 274 g/mol. The third kappa shape index (κ3) is 2.89. The van der Waals surface area contributed by atoms with Gasteiger partial charge in [0.25, 0.3) is 0 Å². The second kappa shape index (κ2) is 6.06. The molecule has 0 fully saturated rings. The number of carbonyl (C=O) groups is 1. The Balaban J connectivity index is 1.99. The van der Waals surface area contributed by atoms with E-state index < -0.39 is 0 Å². The molecule has 0 bridgehead atoms. The van der Waals surface area contributed by atoms with E-state index in [1.807, 2.05) is 30.3 Å². The fourth-order valence-corrected chi connectivity index (χ4v) is 2.88. The maximum absolute atomic E-state index is 12.3. The van der Waals surface area contributed by atoms with Crippen molar-refractivity contribution in [1.29, 1.82) is 0 Å². The van der Waals surface area contributed by atoms with E-state index in [0.29, 0.717) is 5.92 Å². The summed E-state index contributed by atoms with van der Waals surface area (Å²) >= 11 is 0. The van der Waals surface area contributed by atoms with Gasteiger partial charge in [0, 0.05) is 11.3 Å². The number of hydrogen-bond acceptors (Lipinski definition) is 2. The maximum atomic E-state index is 12.3. The molecule has 112 valence electrons. The molecule has 2 N–H and O–H groups in total. The molecule has 0 spiro atoms. The summed E-state index contributed by atoms with van der Waals surface area (Å²) in [5, 5.41) is 13.0. The van der Waals surface area contributed by atoms with E-state index in [0.717, 1.165) is 28.8 Å². The molecule has 0 saturated carbocycles. The Kier molecular flexibility index (Phi) is 3.96. The van der Waals surface area contributed by atoms with Gasteiger partial charge in [0.2, 0.25) is 5.91 Å². The topological polar surface area (TPSA) is 49.3 Å². The number of benzene rings is 2. The van der Waals surface area contributed by atoms with Crippen LogP contribution in [-0.2, 0) is 4.79 Å². The van der Waals surface area contributed by atoms with Crippen LogP contribution in [0.1, 0.15) is 36.8 Å². The third-order valence-corrected chi connectivity index (χ3v) is 4.08. The zero-order valence-electron chi connectivity index (χ0n) is 12.5. The molecule has 3 nitrogen and oxygen atoms in total. The Morgan fingerprint density at radius 2 is 1.82 bits per heavy atom. The lowest BCUT2D eigenvalue weighted by molar-refractivity contribution is -0.115. The molecule has 1 atom stereocenters. The van der Waals surface area contributed by atoms with Crippen LogP contribution in [0.3, 0.4) is 0 Å². The highest BCUT2D eigenvalue weighted by atomic mass is 16.3. The van der Waals surface area contributed by atoms with E-state index in [2.05, 4.69) is 24.4 Å². The van der Waals surface area contributed by atoms with Crippen LogP contribution in [0.25, 0.3) is 5.57 Å². The molecule has 0 aromatic heterocycles. The van der Waals surface area contributed by atoms with Gasteiger partial charge in [0.1, 0.15) is 5.75 Å². The number of fused-ring (bicyclic) bond motifs is 1. The second-order valence-corrected chi connectivity index (χ2v) is 5.70.